The Morgan fingerprint density at radius 3 is 1.78 bits per heavy atom. The number of allylic oxidation sites excluding steroid dienone is 2. The first-order valence-corrected chi connectivity index (χ1v) is 17.6. The average Bonchev–Trinajstić information content (AvgIpc) is 3.76. The lowest BCUT2D eigenvalue weighted by Gasteiger charge is -2.27. The molecule has 0 radical (unpaired) electrons. The molecule has 1 aliphatic carbocycles. The van der Waals surface area contributed by atoms with Crippen LogP contribution in [0.4, 0.5) is 11.4 Å². The molecule has 0 spiro atoms. The minimum atomic E-state index is 0.519. The van der Waals surface area contributed by atoms with Crippen LogP contribution in [-0.2, 0) is 0 Å². The van der Waals surface area contributed by atoms with Crippen LogP contribution in [0.25, 0.3) is 23.3 Å². The molecule has 1 heterocycles. The Morgan fingerprint density at radius 1 is 0.571 bits per heavy atom. The van der Waals surface area contributed by atoms with E-state index < -0.39 is 0 Å². The van der Waals surface area contributed by atoms with Gasteiger partial charge in [0, 0.05) is 23.3 Å². The predicted octanol–water partition coefficient (Wildman–Crippen LogP) is 12.5. The molecule has 0 N–H and O–H groups in total. The maximum atomic E-state index is 2.62. The van der Waals surface area contributed by atoms with E-state index in [2.05, 4.69) is 194 Å². The number of hydrogen-bond acceptors (Lipinski definition) is 1. The van der Waals surface area contributed by atoms with E-state index in [1.165, 1.54) is 86.3 Å². The summed E-state index contributed by atoms with van der Waals surface area (Å²) in [6.45, 7) is 2.14. The number of aryl methyl sites for hydroxylation is 1. The maximum absolute atomic E-state index is 2.62. The number of fused-ring (bicyclic) bond motifs is 3. The molecule has 0 amide bonds. The minimum Gasteiger partial charge on any atom is -0.338 e. The van der Waals surface area contributed by atoms with Crippen molar-refractivity contribution in [2.24, 2.45) is 0 Å². The van der Waals surface area contributed by atoms with Crippen molar-refractivity contribution in [3.63, 3.8) is 0 Å². The summed E-state index contributed by atoms with van der Waals surface area (Å²) < 4.78 is 0. The zero-order valence-electron chi connectivity index (χ0n) is 28.0. The molecule has 1 saturated carbocycles. The van der Waals surface area contributed by atoms with Crippen LogP contribution >= 0.6 is 0 Å². The van der Waals surface area contributed by atoms with E-state index in [4.69, 9.17) is 0 Å². The number of rotatable bonds is 8. The standard InChI is InChI=1S/C48H41N/c1-35-23-28-41(29-24-35)43(38-14-5-2-6-15-38)20-11-13-36-27-32-48-46(34-36)44-21-12-22-47(44)49(48)42-30-25-37(26-31-42)33-45(39-16-7-3-8-17-39)40-18-9-4-10-19-40/h2-11,13-20,23-34,44,47H,12,21-22H2,1H3/b13-11+,43-20+. The van der Waals surface area contributed by atoms with Gasteiger partial charge in [-0.05, 0) is 100 Å². The van der Waals surface area contributed by atoms with Gasteiger partial charge in [-0.1, -0.05) is 164 Å². The van der Waals surface area contributed by atoms with Crippen LogP contribution in [0, 0.1) is 6.92 Å². The van der Waals surface area contributed by atoms with Crippen molar-refractivity contribution < 1.29 is 0 Å². The molecule has 2 atom stereocenters. The van der Waals surface area contributed by atoms with E-state index in [1.54, 1.807) is 0 Å². The monoisotopic (exact) mass is 631 g/mol. The second kappa shape index (κ2) is 13.8. The van der Waals surface area contributed by atoms with Gasteiger partial charge in [0.05, 0.1) is 0 Å². The highest BCUT2D eigenvalue weighted by Crippen LogP contribution is 2.52. The third-order valence-electron chi connectivity index (χ3n) is 10.2. The number of anilines is 2. The highest BCUT2D eigenvalue weighted by Gasteiger charge is 2.42. The van der Waals surface area contributed by atoms with Gasteiger partial charge >= 0.3 is 0 Å². The van der Waals surface area contributed by atoms with E-state index in [-0.39, 0.29) is 0 Å². The quantitative estimate of drug-likeness (QED) is 0.119. The number of hydrogen-bond donors (Lipinski definition) is 0. The predicted molar refractivity (Wildman–Crippen MR) is 209 cm³/mol. The molecule has 6 aromatic carbocycles. The maximum Gasteiger partial charge on any atom is 0.0450 e. The highest BCUT2D eigenvalue weighted by atomic mass is 15.2. The fourth-order valence-electron chi connectivity index (χ4n) is 7.75. The van der Waals surface area contributed by atoms with Crippen LogP contribution in [0.15, 0.2) is 170 Å². The lowest BCUT2D eigenvalue weighted by Crippen LogP contribution is -2.26. The molecule has 0 saturated heterocycles. The van der Waals surface area contributed by atoms with Gasteiger partial charge in [0.15, 0.2) is 0 Å². The normalized spacial score (nSPS) is 16.8. The third kappa shape index (κ3) is 6.45. The fourth-order valence-corrected chi connectivity index (χ4v) is 7.75. The summed E-state index contributed by atoms with van der Waals surface area (Å²) in [6.07, 6.45) is 12.8. The van der Waals surface area contributed by atoms with E-state index in [0.717, 1.165) is 0 Å². The molecule has 1 nitrogen and oxygen atoms in total. The van der Waals surface area contributed by atoms with Crippen LogP contribution in [0.1, 0.15) is 69.7 Å². The van der Waals surface area contributed by atoms with Crippen molar-refractivity contribution in [3.05, 3.63) is 214 Å². The van der Waals surface area contributed by atoms with E-state index >= 15 is 0 Å². The molecule has 49 heavy (non-hydrogen) atoms. The van der Waals surface area contributed by atoms with Crippen molar-refractivity contribution in [1.29, 1.82) is 0 Å². The van der Waals surface area contributed by atoms with Crippen molar-refractivity contribution in [1.82, 2.24) is 0 Å². The van der Waals surface area contributed by atoms with Gasteiger partial charge in [0.2, 0.25) is 0 Å². The molecule has 1 heteroatoms. The molecular formula is C48H41N. The van der Waals surface area contributed by atoms with Crippen molar-refractivity contribution in [2.45, 2.75) is 38.1 Å². The Bertz CT molecular complexity index is 2080. The summed E-state index contributed by atoms with van der Waals surface area (Å²) in [5.41, 5.74) is 15.3. The van der Waals surface area contributed by atoms with Gasteiger partial charge in [-0.15, -0.1) is 0 Å². The minimum absolute atomic E-state index is 0.519. The zero-order chi connectivity index (χ0) is 33.0. The highest BCUT2D eigenvalue weighted by molar-refractivity contribution is 5.91. The Labute approximate surface area is 291 Å². The smallest absolute Gasteiger partial charge is 0.0450 e. The molecule has 1 fully saturated rings. The lowest BCUT2D eigenvalue weighted by atomic mass is 9.95. The van der Waals surface area contributed by atoms with Crippen LogP contribution in [-0.4, -0.2) is 6.04 Å². The molecule has 0 bridgehead atoms. The second-order valence-corrected chi connectivity index (χ2v) is 13.3. The molecule has 6 aromatic rings. The Balaban J connectivity index is 1.08. The Hall–Kier alpha value is -5.66. The van der Waals surface area contributed by atoms with Crippen LogP contribution in [0.5, 0.6) is 0 Å². The Morgan fingerprint density at radius 2 is 1.14 bits per heavy atom. The largest absolute Gasteiger partial charge is 0.338 e. The first-order valence-electron chi connectivity index (χ1n) is 17.6. The molecule has 1 aliphatic heterocycles. The molecular weight excluding hydrogens is 591 g/mol. The van der Waals surface area contributed by atoms with E-state index in [9.17, 15) is 0 Å². The van der Waals surface area contributed by atoms with Crippen LogP contribution < -0.4 is 4.90 Å². The molecule has 0 aromatic heterocycles. The Kier molecular flexibility index (Phi) is 8.65. The first kappa shape index (κ1) is 30.7. The summed E-state index contributed by atoms with van der Waals surface area (Å²) in [7, 11) is 0. The molecule has 2 unspecified atom stereocenters. The van der Waals surface area contributed by atoms with Gasteiger partial charge in [0.1, 0.15) is 0 Å². The first-order chi connectivity index (χ1) is 24.2. The summed E-state index contributed by atoms with van der Waals surface area (Å²) in [5.74, 6) is 0.577. The number of nitrogens with zero attached hydrogens (tertiary/aromatic N) is 1. The lowest BCUT2D eigenvalue weighted by molar-refractivity contribution is 0.642. The number of benzene rings is 6. The fraction of sp³-hybridized carbons (Fsp3) is 0.125. The second-order valence-electron chi connectivity index (χ2n) is 13.3. The summed E-state index contributed by atoms with van der Waals surface area (Å²) in [4.78, 5) is 2.62. The zero-order valence-corrected chi connectivity index (χ0v) is 28.0. The van der Waals surface area contributed by atoms with E-state index in [0.29, 0.717) is 12.0 Å². The SMILES string of the molecule is Cc1ccc(/C(=C/C=C/c2ccc3c(c2)C2CCCC2N3c2ccc(C=C(c3ccccc3)c3ccccc3)cc2)c2ccccc2)cc1. The van der Waals surface area contributed by atoms with Gasteiger partial charge in [-0.25, -0.2) is 0 Å². The molecule has 2 aliphatic rings. The van der Waals surface area contributed by atoms with Crippen molar-refractivity contribution in [3.8, 4) is 0 Å². The topological polar surface area (TPSA) is 3.24 Å². The van der Waals surface area contributed by atoms with Gasteiger partial charge in [0.25, 0.3) is 0 Å². The molecule has 238 valence electrons. The van der Waals surface area contributed by atoms with Crippen molar-refractivity contribution >= 4 is 34.7 Å². The van der Waals surface area contributed by atoms with Gasteiger partial charge in [-0.2, -0.15) is 0 Å². The summed E-state index contributed by atoms with van der Waals surface area (Å²) in [5, 5.41) is 0. The third-order valence-corrected chi connectivity index (χ3v) is 10.2. The average molecular weight is 632 g/mol. The summed E-state index contributed by atoms with van der Waals surface area (Å²) in [6, 6.07) is 57.7. The van der Waals surface area contributed by atoms with Crippen molar-refractivity contribution in [2.75, 3.05) is 4.90 Å². The van der Waals surface area contributed by atoms with E-state index in [1.807, 2.05) is 0 Å². The van der Waals surface area contributed by atoms with Crippen LogP contribution in [0.2, 0.25) is 0 Å². The van der Waals surface area contributed by atoms with Gasteiger partial charge in [-0.3, -0.25) is 0 Å². The van der Waals surface area contributed by atoms with Crippen LogP contribution in [0.3, 0.4) is 0 Å². The van der Waals surface area contributed by atoms with Gasteiger partial charge < -0.3 is 4.90 Å². The molecule has 8 rings (SSSR count). The summed E-state index contributed by atoms with van der Waals surface area (Å²) >= 11 is 0.